The Labute approximate surface area is 185 Å². The van der Waals surface area contributed by atoms with Crippen LogP contribution in [0, 0.1) is 13.8 Å². The Bertz CT molecular complexity index is 1180. The number of nitrogens with zero attached hydrogens (tertiary/aromatic N) is 3. The third kappa shape index (κ3) is 3.94. The number of rotatable bonds is 4. The van der Waals surface area contributed by atoms with Gasteiger partial charge in [-0.05, 0) is 69.7 Å². The van der Waals surface area contributed by atoms with Gasteiger partial charge < -0.3 is 10.2 Å². The fourth-order valence-electron chi connectivity index (χ4n) is 4.30. The summed E-state index contributed by atoms with van der Waals surface area (Å²) in [6.45, 7) is 5.56. The van der Waals surface area contributed by atoms with E-state index in [0.717, 1.165) is 66.1 Å². The highest BCUT2D eigenvalue weighted by molar-refractivity contribution is 7.20. The number of fused-ring (bicyclic) bond motifs is 1. The quantitative estimate of drug-likeness (QED) is 0.622. The van der Waals surface area contributed by atoms with Gasteiger partial charge in [-0.2, -0.15) is 0 Å². The molecule has 5 rings (SSSR count). The Morgan fingerprint density at radius 2 is 1.87 bits per heavy atom. The van der Waals surface area contributed by atoms with Crippen molar-refractivity contribution in [2.24, 2.45) is 0 Å². The fourth-order valence-corrected chi connectivity index (χ4v) is 5.43. The summed E-state index contributed by atoms with van der Waals surface area (Å²) in [5, 5.41) is 3.96. The SMILES string of the molecule is Cc1nc(C2CC2)nc2sc(C(=O)Nc3cccc(C(=O)N4CCCCC4)c3)c(C)c12. The van der Waals surface area contributed by atoms with Gasteiger partial charge in [0.1, 0.15) is 10.7 Å². The van der Waals surface area contributed by atoms with Crippen LogP contribution in [0.2, 0.25) is 0 Å². The molecule has 0 unspecified atom stereocenters. The van der Waals surface area contributed by atoms with E-state index in [1.807, 2.05) is 36.9 Å². The first-order chi connectivity index (χ1) is 15.0. The lowest BCUT2D eigenvalue weighted by Crippen LogP contribution is -2.35. The number of likely N-dealkylation sites (tertiary alicyclic amines) is 1. The molecule has 3 aromatic rings. The van der Waals surface area contributed by atoms with Crippen molar-refractivity contribution in [3.63, 3.8) is 0 Å². The molecule has 2 aromatic heterocycles. The molecule has 2 amide bonds. The number of anilines is 1. The minimum Gasteiger partial charge on any atom is -0.339 e. The predicted octanol–water partition coefficient (Wildman–Crippen LogP) is 5.06. The Morgan fingerprint density at radius 1 is 1.10 bits per heavy atom. The maximum absolute atomic E-state index is 13.1. The standard InChI is InChI=1S/C24H26N4O2S/c1-14-19-15(2)25-21(16-9-10-16)27-23(19)31-20(14)22(29)26-18-8-6-7-17(13-18)24(30)28-11-4-3-5-12-28/h6-8,13,16H,3-5,9-12H2,1-2H3,(H,26,29). The Kier molecular flexibility index (Phi) is 5.22. The van der Waals surface area contributed by atoms with Gasteiger partial charge in [0, 0.05) is 35.6 Å². The topological polar surface area (TPSA) is 75.2 Å². The molecule has 1 aliphatic carbocycles. The number of nitrogens with one attached hydrogen (secondary N) is 1. The second kappa shape index (κ2) is 8.04. The van der Waals surface area contributed by atoms with Crippen molar-refractivity contribution in [3.8, 4) is 0 Å². The number of carbonyl (C=O) groups excluding carboxylic acids is 2. The molecule has 0 bridgehead atoms. The largest absolute Gasteiger partial charge is 0.339 e. The zero-order chi connectivity index (χ0) is 21.5. The molecule has 1 saturated carbocycles. The Balaban J connectivity index is 1.39. The lowest BCUT2D eigenvalue weighted by Gasteiger charge is -2.26. The van der Waals surface area contributed by atoms with Crippen molar-refractivity contribution in [1.29, 1.82) is 0 Å². The second-order valence-corrected chi connectivity index (χ2v) is 9.56. The summed E-state index contributed by atoms with van der Waals surface area (Å²) in [4.78, 5) is 38.7. The summed E-state index contributed by atoms with van der Waals surface area (Å²) in [6, 6.07) is 7.23. The average molecular weight is 435 g/mol. The van der Waals surface area contributed by atoms with E-state index in [-0.39, 0.29) is 11.8 Å². The van der Waals surface area contributed by atoms with Crippen LogP contribution in [0.4, 0.5) is 5.69 Å². The van der Waals surface area contributed by atoms with Crippen LogP contribution in [0.15, 0.2) is 24.3 Å². The van der Waals surface area contributed by atoms with Crippen molar-refractivity contribution < 1.29 is 9.59 Å². The Morgan fingerprint density at radius 3 is 2.61 bits per heavy atom. The molecule has 3 heterocycles. The smallest absolute Gasteiger partial charge is 0.266 e. The number of thiophene rings is 1. The number of benzene rings is 1. The maximum atomic E-state index is 13.1. The molecule has 1 aromatic carbocycles. The number of carbonyl (C=O) groups is 2. The molecule has 31 heavy (non-hydrogen) atoms. The summed E-state index contributed by atoms with van der Waals surface area (Å²) in [5.41, 5.74) is 3.10. The number of hydrogen-bond donors (Lipinski definition) is 1. The molecule has 6 nitrogen and oxygen atoms in total. The van der Waals surface area contributed by atoms with Crippen LogP contribution < -0.4 is 5.32 Å². The van der Waals surface area contributed by atoms with Gasteiger partial charge in [0.15, 0.2) is 0 Å². The van der Waals surface area contributed by atoms with Crippen LogP contribution in [0.25, 0.3) is 10.2 Å². The Hall–Kier alpha value is -2.80. The van der Waals surface area contributed by atoms with E-state index in [0.29, 0.717) is 22.0 Å². The van der Waals surface area contributed by atoms with E-state index in [9.17, 15) is 9.59 Å². The number of hydrogen-bond acceptors (Lipinski definition) is 5. The van der Waals surface area contributed by atoms with Gasteiger partial charge in [-0.1, -0.05) is 6.07 Å². The molecule has 160 valence electrons. The zero-order valence-corrected chi connectivity index (χ0v) is 18.7. The second-order valence-electron chi connectivity index (χ2n) is 8.57. The van der Waals surface area contributed by atoms with Gasteiger partial charge in [-0.25, -0.2) is 9.97 Å². The number of aromatic nitrogens is 2. The highest BCUT2D eigenvalue weighted by Crippen LogP contribution is 2.40. The normalized spacial score (nSPS) is 16.5. The van der Waals surface area contributed by atoms with Gasteiger partial charge in [-0.3, -0.25) is 9.59 Å². The zero-order valence-electron chi connectivity index (χ0n) is 17.9. The lowest BCUT2D eigenvalue weighted by atomic mass is 10.1. The minimum absolute atomic E-state index is 0.0346. The highest BCUT2D eigenvalue weighted by Gasteiger charge is 2.28. The summed E-state index contributed by atoms with van der Waals surface area (Å²) in [5.74, 6) is 1.24. The molecule has 1 aliphatic heterocycles. The van der Waals surface area contributed by atoms with Crippen LogP contribution in [0.3, 0.4) is 0 Å². The first-order valence-corrected chi connectivity index (χ1v) is 11.8. The van der Waals surface area contributed by atoms with Crippen molar-refractivity contribution in [2.45, 2.75) is 51.9 Å². The molecule has 2 fully saturated rings. The molecule has 0 spiro atoms. The minimum atomic E-state index is -0.171. The number of aryl methyl sites for hydroxylation is 2. The molecule has 1 N–H and O–H groups in total. The van der Waals surface area contributed by atoms with Gasteiger partial charge in [-0.15, -0.1) is 11.3 Å². The van der Waals surface area contributed by atoms with Crippen molar-refractivity contribution in [2.75, 3.05) is 18.4 Å². The molecule has 0 atom stereocenters. The van der Waals surface area contributed by atoms with Gasteiger partial charge in [0.2, 0.25) is 0 Å². The third-order valence-electron chi connectivity index (χ3n) is 6.15. The van der Waals surface area contributed by atoms with Gasteiger partial charge in [0.05, 0.1) is 10.6 Å². The summed E-state index contributed by atoms with van der Waals surface area (Å²) >= 11 is 1.42. The van der Waals surface area contributed by atoms with Crippen molar-refractivity contribution in [3.05, 3.63) is 51.8 Å². The lowest BCUT2D eigenvalue weighted by molar-refractivity contribution is 0.0724. The van der Waals surface area contributed by atoms with Crippen molar-refractivity contribution >= 4 is 39.1 Å². The molecule has 0 radical (unpaired) electrons. The molecular formula is C24H26N4O2S. The van der Waals surface area contributed by atoms with Gasteiger partial charge >= 0.3 is 0 Å². The predicted molar refractivity (Wildman–Crippen MR) is 123 cm³/mol. The van der Waals surface area contributed by atoms with E-state index >= 15 is 0 Å². The van der Waals surface area contributed by atoms with Crippen molar-refractivity contribution in [1.82, 2.24) is 14.9 Å². The number of amides is 2. The molecular weight excluding hydrogens is 408 g/mol. The van der Waals surface area contributed by atoms with Crippen LogP contribution in [0.5, 0.6) is 0 Å². The first kappa shape index (κ1) is 20.1. The fraction of sp³-hybridized carbons (Fsp3) is 0.417. The van der Waals surface area contributed by atoms with E-state index < -0.39 is 0 Å². The summed E-state index contributed by atoms with van der Waals surface area (Å²) < 4.78 is 0. The summed E-state index contributed by atoms with van der Waals surface area (Å²) in [6.07, 6.45) is 5.58. The maximum Gasteiger partial charge on any atom is 0.266 e. The van der Waals surface area contributed by atoms with E-state index in [2.05, 4.69) is 10.3 Å². The van der Waals surface area contributed by atoms with E-state index in [4.69, 9.17) is 4.98 Å². The van der Waals surface area contributed by atoms with Crippen LogP contribution in [-0.2, 0) is 0 Å². The average Bonchev–Trinajstić information content (AvgIpc) is 3.57. The highest BCUT2D eigenvalue weighted by atomic mass is 32.1. The van der Waals surface area contributed by atoms with Gasteiger partial charge in [0.25, 0.3) is 11.8 Å². The van der Waals surface area contributed by atoms with Crippen LogP contribution in [-0.4, -0.2) is 39.8 Å². The van der Waals surface area contributed by atoms with E-state index in [1.165, 1.54) is 17.8 Å². The van der Waals surface area contributed by atoms with Crippen LogP contribution in [0.1, 0.15) is 75.1 Å². The molecule has 1 saturated heterocycles. The number of piperidine rings is 1. The summed E-state index contributed by atoms with van der Waals surface area (Å²) in [7, 11) is 0. The first-order valence-electron chi connectivity index (χ1n) is 11.0. The van der Waals surface area contributed by atoms with E-state index in [1.54, 1.807) is 6.07 Å². The molecule has 7 heteroatoms. The third-order valence-corrected chi connectivity index (χ3v) is 7.33. The molecule has 2 aliphatic rings. The monoisotopic (exact) mass is 434 g/mol. The van der Waals surface area contributed by atoms with Crippen LogP contribution >= 0.6 is 11.3 Å².